The van der Waals surface area contributed by atoms with Crippen molar-refractivity contribution < 1.29 is 4.42 Å². The maximum Gasteiger partial charge on any atom is 0.137 e. The molecular formula is C33H27NO. The van der Waals surface area contributed by atoms with Crippen LogP contribution in [0.5, 0.6) is 0 Å². The Morgan fingerprint density at radius 2 is 0.857 bits per heavy atom. The van der Waals surface area contributed by atoms with Gasteiger partial charge in [0, 0.05) is 33.9 Å². The molecule has 0 saturated heterocycles. The van der Waals surface area contributed by atoms with Gasteiger partial charge >= 0.3 is 0 Å². The highest BCUT2D eigenvalue weighted by Gasteiger charge is 2.15. The highest BCUT2D eigenvalue weighted by molar-refractivity contribution is 6.07. The van der Waals surface area contributed by atoms with Gasteiger partial charge in [0.15, 0.2) is 0 Å². The topological polar surface area (TPSA) is 16.4 Å². The largest absolute Gasteiger partial charge is 0.456 e. The maximum absolute atomic E-state index is 6.41. The fourth-order valence-electron chi connectivity index (χ4n) is 4.67. The lowest BCUT2D eigenvalue weighted by molar-refractivity contribution is 0.669. The molecule has 0 aliphatic rings. The Morgan fingerprint density at radius 1 is 0.429 bits per heavy atom. The fraction of sp³-hybridized carbons (Fsp3) is 0.0909. The van der Waals surface area contributed by atoms with Crippen LogP contribution in [0.2, 0.25) is 0 Å². The molecule has 0 spiro atoms. The molecular weight excluding hydrogens is 426 g/mol. The van der Waals surface area contributed by atoms with E-state index < -0.39 is 0 Å². The van der Waals surface area contributed by atoms with Gasteiger partial charge in [-0.1, -0.05) is 71.3 Å². The SMILES string of the molecule is Cc1ccc(-c2ccc3c(c2)oc2cc(N(c4ccc(C)cc4)c4ccc(C)cc4)ccc23)cc1. The molecule has 1 heterocycles. The molecule has 0 radical (unpaired) electrons. The molecule has 0 bridgehead atoms. The number of aryl methyl sites for hydroxylation is 3. The first-order valence-corrected chi connectivity index (χ1v) is 12.0. The summed E-state index contributed by atoms with van der Waals surface area (Å²) in [6.45, 7) is 6.34. The van der Waals surface area contributed by atoms with Crippen molar-refractivity contribution in [2.24, 2.45) is 0 Å². The minimum Gasteiger partial charge on any atom is -0.456 e. The van der Waals surface area contributed by atoms with Gasteiger partial charge in [0.05, 0.1) is 0 Å². The number of fused-ring (bicyclic) bond motifs is 3. The van der Waals surface area contributed by atoms with Crippen molar-refractivity contribution in [1.29, 1.82) is 0 Å². The van der Waals surface area contributed by atoms with Gasteiger partial charge in [-0.05, 0) is 80.4 Å². The van der Waals surface area contributed by atoms with Gasteiger partial charge in [0.1, 0.15) is 11.2 Å². The molecule has 5 aromatic carbocycles. The standard InChI is InChI=1S/C33H27NO/c1-22-4-10-25(11-5-22)26-12-18-30-31-19-17-29(21-33(31)35-32(30)20-26)34(27-13-6-23(2)7-14-27)28-15-8-24(3)9-16-28/h4-21H,1-3H3. The average molecular weight is 454 g/mol. The predicted octanol–water partition coefficient (Wildman–Crippen LogP) is 9.65. The monoisotopic (exact) mass is 453 g/mol. The van der Waals surface area contributed by atoms with E-state index in [0.717, 1.165) is 44.6 Å². The molecule has 2 nitrogen and oxygen atoms in total. The zero-order valence-electron chi connectivity index (χ0n) is 20.2. The summed E-state index contributed by atoms with van der Waals surface area (Å²) in [6.07, 6.45) is 0. The van der Waals surface area contributed by atoms with Crippen LogP contribution in [0.3, 0.4) is 0 Å². The van der Waals surface area contributed by atoms with Gasteiger partial charge in [-0.2, -0.15) is 0 Å². The molecule has 0 N–H and O–H groups in total. The Bertz CT molecular complexity index is 1590. The lowest BCUT2D eigenvalue weighted by atomic mass is 10.0. The molecule has 1 aromatic heterocycles. The molecule has 0 unspecified atom stereocenters. The van der Waals surface area contributed by atoms with E-state index in [-0.39, 0.29) is 0 Å². The zero-order chi connectivity index (χ0) is 23.9. The van der Waals surface area contributed by atoms with Gasteiger partial charge < -0.3 is 9.32 Å². The molecule has 0 saturated carbocycles. The lowest BCUT2D eigenvalue weighted by Gasteiger charge is -2.25. The van der Waals surface area contributed by atoms with E-state index in [4.69, 9.17) is 4.42 Å². The van der Waals surface area contributed by atoms with Crippen LogP contribution >= 0.6 is 0 Å². The average Bonchev–Trinajstić information content (AvgIpc) is 3.24. The van der Waals surface area contributed by atoms with Crippen LogP contribution in [0.15, 0.2) is 114 Å². The second-order valence-electron chi connectivity index (χ2n) is 9.37. The van der Waals surface area contributed by atoms with Crippen molar-refractivity contribution in [1.82, 2.24) is 0 Å². The van der Waals surface area contributed by atoms with Crippen LogP contribution in [0, 0.1) is 20.8 Å². The number of anilines is 3. The van der Waals surface area contributed by atoms with Crippen LogP contribution in [-0.4, -0.2) is 0 Å². The smallest absolute Gasteiger partial charge is 0.137 e. The Hall–Kier alpha value is -4.30. The summed E-state index contributed by atoms with van der Waals surface area (Å²) in [5, 5.41) is 2.27. The number of rotatable bonds is 4. The third-order valence-corrected chi connectivity index (χ3v) is 6.68. The molecule has 0 aliphatic heterocycles. The van der Waals surface area contributed by atoms with E-state index in [9.17, 15) is 0 Å². The molecule has 35 heavy (non-hydrogen) atoms. The maximum atomic E-state index is 6.41. The first-order valence-electron chi connectivity index (χ1n) is 12.0. The van der Waals surface area contributed by atoms with Crippen LogP contribution in [0.4, 0.5) is 17.1 Å². The molecule has 0 amide bonds. The first kappa shape index (κ1) is 21.2. The van der Waals surface area contributed by atoms with E-state index >= 15 is 0 Å². The minimum atomic E-state index is 0.891. The molecule has 0 aliphatic carbocycles. The van der Waals surface area contributed by atoms with Crippen LogP contribution in [0.1, 0.15) is 16.7 Å². The van der Waals surface area contributed by atoms with Gasteiger partial charge in [0.25, 0.3) is 0 Å². The van der Waals surface area contributed by atoms with Crippen molar-refractivity contribution in [3.05, 3.63) is 126 Å². The number of hydrogen-bond donors (Lipinski definition) is 0. The Labute approximate surface area is 206 Å². The molecule has 2 heteroatoms. The van der Waals surface area contributed by atoms with Crippen molar-refractivity contribution in [2.45, 2.75) is 20.8 Å². The van der Waals surface area contributed by atoms with Crippen molar-refractivity contribution in [3.63, 3.8) is 0 Å². The zero-order valence-corrected chi connectivity index (χ0v) is 20.2. The van der Waals surface area contributed by atoms with E-state index in [2.05, 4.69) is 135 Å². The summed E-state index contributed by atoms with van der Waals surface area (Å²) in [7, 11) is 0. The number of benzene rings is 5. The summed E-state index contributed by atoms with van der Waals surface area (Å²) in [4.78, 5) is 2.28. The minimum absolute atomic E-state index is 0.891. The second-order valence-corrected chi connectivity index (χ2v) is 9.37. The van der Waals surface area contributed by atoms with Crippen LogP contribution < -0.4 is 4.90 Å². The molecule has 6 rings (SSSR count). The van der Waals surface area contributed by atoms with E-state index in [0.29, 0.717) is 0 Å². The first-order chi connectivity index (χ1) is 17.0. The highest BCUT2D eigenvalue weighted by atomic mass is 16.3. The Balaban J connectivity index is 1.47. The Kier molecular flexibility index (Phi) is 5.15. The van der Waals surface area contributed by atoms with E-state index in [1.165, 1.54) is 22.3 Å². The predicted molar refractivity (Wildman–Crippen MR) is 148 cm³/mol. The van der Waals surface area contributed by atoms with Gasteiger partial charge in [-0.25, -0.2) is 0 Å². The van der Waals surface area contributed by atoms with Crippen LogP contribution in [-0.2, 0) is 0 Å². The van der Waals surface area contributed by atoms with Crippen molar-refractivity contribution in [2.75, 3.05) is 4.90 Å². The van der Waals surface area contributed by atoms with Gasteiger partial charge in [-0.3, -0.25) is 0 Å². The lowest BCUT2D eigenvalue weighted by Crippen LogP contribution is -2.09. The summed E-state index contributed by atoms with van der Waals surface area (Å²) < 4.78 is 6.41. The second kappa shape index (κ2) is 8.48. The van der Waals surface area contributed by atoms with Gasteiger partial charge in [0.2, 0.25) is 0 Å². The summed E-state index contributed by atoms with van der Waals surface area (Å²) in [5.41, 5.74) is 11.2. The van der Waals surface area contributed by atoms with E-state index in [1.54, 1.807) is 0 Å². The van der Waals surface area contributed by atoms with Crippen LogP contribution in [0.25, 0.3) is 33.1 Å². The number of furan rings is 1. The van der Waals surface area contributed by atoms with E-state index in [1.807, 2.05) is 0 Å². The normalized spacial score (nSPS) is 11.3. The number of hydrogen-bond acceptors (Lipinski definition) is 2. The quantitative estimate of drug-likeness (QED) is 0.264. The third kappa shape index (κ3) is 3.98. The molecule has 0 fully saturated rings. The number of nitrogens with zero attached hydrogens (tertiary/aromatic N) is 1. The van der Waals surface area contributed by atoms with Gasteiger partial charge in [-0.15, -0.1) is 0 Å². The molecule has 170 valence electrons. The third-order valence-electron chi connectivity index (χ3n) is 6.68. The summed E-state index contributed by atoms with van der Waals surface area (Å²) in [6, 6.07) is 39.0. The van der Waals surface area contributed by atoms with Crippen molar-refractivity contribution in [3.8, 4) is 11.1 Å². The summed E-state index contributed by atoms with van der Waals surface area (Å²) in [5.74, 6) is 0. The molecule has 0 atom stereocenters. The summed E-state index contributed by atoms with van der Waals surface area (Å²) >= 11 is 0. The molecule has 6 aromatic rings. The van der Waals surface area contributed by atoms with Crippen molar-refractivity contribution >= 4 is 39.0 Å². The highest BCUT2D eigenvalue weighted by Crippen LogP contribution is 2.39. The fourth-order valence-corrected chi connectivity index (χ4v) is 4.67. The Morgan fingerprint density at radius 3 is 1.43 bits per heavy atom.